The number of Topliss-reactive ketones (excluding diaryl/α,β-unsaturated/α-hetero) is 1. The van der Waals surface area contributed by atoms with Crippen LogP contribution in [0.4, 0.5) is 0 Å². The van der Waals surface area contributed by atoms with Gasteiger partial charge in [0, 0.05) is 37.0 Å². The molecule has 9 nitrogen and oxygen atoms in total. The first kappa shape index (κ1) is 23.5. The highest BCUT2D eigenvalue weighted by atomic mass is 16.3. The number of piperidine rings is 1. The van der Waals surface area contributed by atoms with Gasteiger partial charge in [-0.1, -0.05) is 18.2 Å². The van der Waals surface area contributed by atoms with Gasteiger partial charge in [-0.15, -0.1) is 0 Å². The van der Waals surface area contributed by atoms with E-state index in [9.17, 15) is 24.3 Å². The molecular weight excluding hydrogens is 448 g/mol. The van der Waals surface area contributed by atoms with E-state index in [1.807, 2.05) is 41.9 Å². The number of carbonyl (C=O) groups is 4. The summed E-state index contributed by atoms with van der Waals surface area (Å²) in [7, 11) is 1.85. The highest BCUT2D eigenvalue weighted by molar-refractivity contribution is 6.01. The second-order valence-corrected chi connectivity index (χ2v) is 10.3. The fraction of sp³-hybridized carbons (Fsp3) is 0.538. The Hall–Kier alpha value is -3.20. The lowest BCUT2D eigenvalue weighted by atomic mass is 9.86. The van der Waals surface area contributed by atoms with Crippen LogP contribution in [0.5, 0.6) is 0 Å². The summed E-state index contributed by atoms with van der Waals surface area (Å²) in [5, 5.41) is 16.0. The summed E-state index contributed by atoms with van der Waals surface area (Å²) in [6.45, 7) is 0.296. The molecule has 2 aliphatic heterocycles. The normalized spacial score (nSPS) is 23.8. The number of nitrogens with zero attached hydrogens (tertiary/aromatic N) is 2. The SMILES string of the molecule is Cn1c(C(=O)N2CCC3(CC3)CC2C(=O)NC(CC2CCNC2=O)C(=O)CO)cc2ccccc21. The van der Waals surface area contributed by atoms with Crippen molar-refractivity contribution < 1.29 is 24.3 Å². The number of aliphatic hydroxyl groups is 1. The fourth-order valence-corrected chi connectivity index (χ4v) is 5.69. The topological polar surface area (TPSA) is 121 Å². The maximum Gasteiger partial charge on any atom is 0.271 e. The summed E-state index contributed by atoms with van der Waals surface area (Å²) in [5.74, 6) is -1.66. The third kappa shape index (κ3) is 4.45. The predicted octanol–water partition coefficient (Wildman–Crippen LogP) is 1.14. The molecule has 35 heavy (non-hydrogen) atoms. The fourth-order valence-electron chi connectivity index (χ4n) is 5.69. The summed E-state index contributed by atoms with van der Waals surface area (Å²) in [6, 6.07) is 7.94. The Morgan fingerprint density at radius 2 is 2.00 bits per heavy atom. The maximum atomic E-state index is 13.7. The molecule has 1 saturated carbocycles. The zero-order chi connectivity index (χ0) is 24.7. The van der Waals surface area contributed by atoms with Gasteiger partial charge < -0.3 is 25.2 Å². The Labute approximate surface area is 203 Å². The van der Waals surface area contributed by atoms with Gasteiger partial charge in [0.25, 0.3) is 5.91 Å². The lowest BCUT2D eigenvalue weighted by Crippen LogP contribution is -2.57. The lowest BCUT2D eigenvalue weighted by Gasteiger charge is -2.39. The Morgan fingerprint density at radius 1 is 1.23 bits per heavy atom. The predicted molar refractivity (Wildman–Crippen MR) is 128 cm³/mol. The van der Waals surface area contributed by atoms with Gasteiger partial charge in [-0.3, -0.25) is 19.2 Å². The maximum absolute atomic E-state index is 13.7. The van der Waals surface area contributed by atoms with Gasteiger partial charge in [-0.25, -0.2) is 0 Å². The number of aryl methyl sites for hydroxylation is 1. The monoisotopic (exact) mass is 480 g/mol. The van der Waals surface area contributed by atoms with Crippen molar-refractivity contribution in [2.24, 2.45) is 18.4 Å². The first-order valence-corrected chi connectivity index (χ1v) is 12.4. The molecule has 3 aliphatic rings. The van der Waals surface area contributed by atoms with E-state index in [1.165, 1.54) is 0 Å². The minimum absolute atomic E-state index is 0.0829. The molecule has 186 valence electrons. The van der Waals surface area contributed by atoms with Gasteiger partial charge in [0.2, 0.25) is 11.8 Å². The van der Waals surface area contributed by atoms with Crippen molar-refractivity contribution in [2.45, 2.75) is 50.6 Å². The van der Waals surface area contributed by atoms with E-state index in [0.29, 0.717) is 31.6 Å². The second kappa shape index (κ2) is 9.11. The zero-order valence-electron chi connectivity index (χ0n) is 20.0. The van der Waals surface area contributed by atoms with E-state index in [0.717, 1.165) is 30.2 Å². The van der Waals surface area contributed by atoms with Crippen molar-refractivity contribution in [3.8, 4) is 0 Å². The summed E-state index contributed by atoms with van der Waals surface area (Å²) < 4.78 is 1.85. The number of likely N-dealkylation sites (tertiary alicyclic amines) is 1. The van der Waals surface area contributed by atoms with Crippen LogP contribution in [0.15, 0.2) is 30.3 Å². The standard InChI is InChI=1S/C26H32N4O5/c1-29-19-5-3-2-4-16(19)13-20(29)25(35)30-11-9-26(7-8-26)14-21(30)24(34)28-18(22(32)15-31)12-17-6-10-27-23(17)33/h2-5,13,17-18,21,31H,6-12,14-15H2,1H3,(H,27,33)(H,28,34). The van der Waals surface area contributed by atoms with Gasteiger partial charge in [0.05, 0.1) is 6.04 Å². The summed E-state index contributed by atoms with van der Waals surface area (Å²) >= 11 is 0. The number of fused-ring (bicyclic) bond motifs is 1. The summed E-state index contributed by atoms with van der Waals surface area (Å²) in [6.07, 6.45) is 4.21. The van der Waals surface area contributed by atoms with Crippen LogP contribution in [-0.2, 0) is 21.4 Å². The molecule has 3 N–H and O–H groups in total. The largest absolute Gasteiger partial charge is 0.389 e. The van der Waals surface area contributed by atoms with Crippen molar-refractivity contribution >= 4 is 34.4 Å². The molecule has 2 saturated heterocycles. The van der Waals surface area contributed by atoms with Crippen LogP contribution in [0.3, 0.4) is 0 Å². The number of benzene rings is 1. The Balaban J connectivity index is 1.38. The van der Waals surface area contributed by atoms with Crippen LogP contribution < -0.4 is 10.6 Å². The van der Waals surface area contributed by atoms with Crippen LogP contribution in [-0.4, -0.2) is 69.9 Å². The molecule has 0 bridgehead atoms. The van der Waals surface area contributed by atoms with Gasteiger partial charge in [-0.2, -0.15) is 0 Å². The van der Waals surface area contributed by atoms with E-state index in [1.54, 1.807) is 4.90 Å². The van der Waals surface area contributed by atoms with Gasteiger partial charge >= 0.3 is 0 Å². The number of ketones is 1. The molecule has 0 radical (unpaired) electrons. The second-order valence-electron chi connectivity index (χ2n) is 10.3. The van der Waals surface area contributed by atoms with E-state index in [2.05, 4.69) is 10.6 Å². The minimum atomic E-state index is -0.965. The van der Waals surface area contributed by atoms with Crippen molar-refractivity contribution in [2.75, 3.05) is 19.7 Å². The number of hydrogen-bond donors (Lipinski definition) is 3. The molecule has 1 aliphatic carbocycles. The van der Waals surface area contributed by atoms with Gasteiger partial charge in [-0.05, 0) is 56.1 Å². The van der Waals surface area contributed by atoms with Crippen molar-refractivity contribution in [3.05, 3.63) is 36.0 Å². The Morgan fingerprint density at radius 3 is 2.66 bits per heavy atom. The Kier molecular flexibility index (Phi) is 6.13. The van der Waals surface area contributed by atoms with E-state index in [4.69, 9.17) is 0 Å². The number of nitrogens with one attached hydrogen (secondary N) is 2. The number of carbonyl (C=O) groups excluding carboxylic acids is 4. The molecule has 1 spiro atoms. The lowest BCUT2D eigenvalue weighted by molar-refractivity contribution is -0.134. The third-order valence-electron chi connectivity index (χ3n) is 8.12. The highest BCUT2D eigenvalue weighted by Crippen LogP contribution is 2.55. The van der Waals surface area contributed by atoms with Crippen molar-refractivity contribution in [1.29, 1.82) is 0 Å². The summed E-state index contributed by atoms with van der Waals surface area (Å²) in [5.41, 5.74) is 1.54. The number of amides is 3. The first-order valence-electron chi connectivity index (χ1n) is 12.4. The summed E-state index contributed by atoms with van der Waals surface area (Å²) in [4.78, 5) is 53.4. The average molecular weight is 481 g/mol. The van der Waals surface area contributed by atoms with Gasteiger partial charge in [0.15, 0.2) is 5.78 Å². The molecule has 3 fully saturated rings. The molecule has 1 aromatic heterocycles. The van der Waals surface area contributed by atoms with Crippen LogP contribution in [0.1, 0.15) is 49.0 Å². The number of hydrogen-bond acceptors (Lipinski definition) is 5. The van der Waals surface area contributed by atoms with E-state index in [-0.39, 0.29) is 29.6 Å². The molecule has 3 atom stereocenters. The average Bonchev–Trinajstić information content (AvgIpc) is 3.35. The third-order valence-corrected chi connectivity index (χ3v) is 8.12. The smallest absolute Gasteiger partial charge is 0.271 e. The van der Waals surface area contributed by atoms with Crippen LogP contribution in [0, 0.1) is 11.3 Å². The van der Waals surface area contributed by atoms with Crippen LogP contribution in [0.2, 0.25) is 0 Å². The number of aromatic nitrogens is 1. The first-order chi connectivity index (χ1) is 16.8. The molecule has 2 aromatic rings. The molecule has 3 unspecified atom stereocenters. The quantitative estimate of drug-likeness (QED) is 0.549. The minimum Gasteiger partial charge on any atom is -0.389 e. The Bertz CT molecular complexity index is 1180. The zero-order valence-corrected chi connectivity index (χ0v) is 20.0. The van der Waals surface area contributed by atoms with E-state index < -0.39 is 30.4 Å². The molecule has 1 aromatic carbocycles. The van der Waals surface area contributed by atoms with Crippen molar-refractivity contribution in [3.63, 3.8) is 0 Å². The van der Waals surface area contributed by atoms with Crippen LogP contribution >= 0.6 is 0 Å². The molecule has 3 amide bonds. The molecule has 9 heteroatoms. The number of aliphatic hydroxyl groups excluding tert-OH is 1. The number of para-hydroxylation sites is 1. The molecular formula is C26H32N4O5. The van der Waals surface area contributed by atoms with E-state index >= 15 is 0 Å². The van der Waals surface area contributed by atoms with Crippen molar-refractivity contribution in [1.82, 2.24) is 20.1 Å². The highest BCUT2D eigenvalue weighted by Gasteiger charge is 2.51. The van der Waals surface area contributed by atoms with Crippen LogP contribution in [0.25, 0.3) is 10.9 Å². The number of rotatable bonds is 7. The molecule has 5 rings (SSSR count). The van der Waals surface area contributed by atoms with Gasteiger partial charge in [0.1, 0.15) is 18.3 Å². The molecule has 3 heterocycles.